The van der Waals surface area contributed by atoms with Crippen molar-refractivity contribution in [2.24, 2.45) is 5.92 Å². The second kappa shape index (κ2) is 2.69. The van der Waals surface area contributed by atoms with Gasteiger partial charge in [-0.25, -0.2) is 0 Å². The summed E-state index contributed by atoms with van der Waals surface area (Å²) in [5.41, 5.74) is 1.33. The van der Waals surface area contributed by atoms with Crippen LogP contribution in [0.1, 0.15) is 15.9 Å². The summed E-state index contributed by atoms with van der Waals surface area (Å²) in [5, 5.41) is 10.5. The molecule has 66 valence electrons. The highest BCUT2D eigenvalue weighted by molar-refractivity contribution is 6.11. The first-order chi connectivity index (χ1) is 6.20. The summed E-state index contributed by atoms with van der Waals surface area (Å²) in [6.07, 6.45) is 0.275. The summed E-state index contributed by atoms with van der Waals surface area (Å²) in [6.45, 7) is 0. The maximum atomic E-state index is 11.4. The lowest BCUT2D eigenvalue weighted by molar-refractivity contribution is -0.309. The van der Waals surface area contributed by atoms with Gasteiger partial charge in [0.15, 0.2) is 5.78 Å². The molecule has 1 aliphatic carbocycles. The number of rotatable bonds is 1. The SMILES string of the molecule is O=C([O-])C1Cc2ccccc2C1=O. The normalized spacial score (nSPS) is 20.0. The van der Waals surface area contributed by atoms with Gasteiger partial charge in [0.2, 0.25) is 0 Å². The molecule has 0 saturated carbocycles. The molecule has 0 radical (unpaired) electrons. The smallest absolute Gasteiger partial charge is 0.172 e. The Morgan fingerprint density at radius 2 is 2.08 bits per heavy atom. The lowest BCUT2D eigenvalue weighted by Crippen LogP contribution is -2.34. The van der Waals surface area contributed by atoms with Crippen molar-refractivity contribution in [1.82, 2.24) is 0 Å². The van der Waals surface area contributed by atoms with Crippen LogP contribution in [0.15, 0.2) is 24.3 Å². The fraction of sp³-hybridized carbons (Fsp3) is 0.200. The Morgan fingerprint density at radius 3 is 2.69 bits per heavy atom. The molecule has 1 aromatic rings. The zero-order valence-electron chi connectivity index (χ0n) is 6.82. The van der Waals surface area contributed by atoms with Gasteiger partial charge >= 0.3 is 0 Å². The van der Waals surface area contributed by atoms with Crippen molar-refractivity contribution >= 4 is 11.8 Å². The molecule has 1 unspecified atom stereocenters. The maximum absolute atomic E-state index is 11.4. The van der Waals surface area contributed by atoms with Gasteiger partial charge in [-0.05, 0) is 12.0 Å². The Labute approximate surface area is 75.0 Å². The number of carbonyl (C=O) groups is 2. The molecule has 3 nitrogen and oxygen atoms in total. The van der Waals surface area contributed by atoms with Crippen molar-refractivity contribution in [1.29, 1.82) is 0 Å². The molecule has 0 aliphatic heterocycles. The monoisotopic (exact) mass is 175 g/mol. The summed E-state index contributed by atoms with van der Waals surface area (Å²) >= 11 is 0. The average Bonchev–Trinajstić information content (AvgIpc) is 2.45. The minimum atomic E-state index is -1.28. The van der Waals surface area contributed by atoms with E-state index >= 15 is 0 Å². The van der Waals surface area contributed by atoms with E-state index in [-0.39, 0.29) is 12.2 Å². The van der Waals surface area contributed by atoms with Crippen molar-refractivity contribution < 1.29 is 14.7 Å². The van der Waals surface area contributed by atoms with Gasteiger partial charge in [0.05, 0.1) is 11.9 Å². The zero-order valence-corrected chi connectivity index (χ0v) is 6.82. The number of benzene rings is 1. The topological polar surface area (TPSA) is 57.2 Å². The molecular weight excluding hydrogens is 168 g/mol. The van der Waals surface area contributed by atoms with Crippen molar-refractivity contribution in [3.05, 3.63) is 35.4 Å². The van der Waals surface area contributed by atoms with E-state index in [1.807, 2.05) is 0 Å². The highest BCUT2D eigenvalue weighted by Crippen LogP contribution is 2.25. The summed E-state index contributed by atoms with van der Waals surface area (Å²) in [6, 6.07) is 6.95. The van der Waals surface area contributed by atoms with Gasteiger partial charge in [-0.1, -0.05) is 24.3 Å². The molecule has 1 aliphatic rings. The molecular formula is C10H7O3-. The van der Waals surface area contributed by atoms with Crippen LogP contribution in [-0.4, -0.2) is 11.8 Å². The fourth-order valence-corrected chi connectivity index (χ4v) is 1.63. The van der Waals surface area contributed by atoms with Crippen LogP contribution in [0.25, 0.3) is 0 Å². The lowest BCUT2D eigenvalue weighted by Gasteiger charge is -2.07. The van der Waals surface area contributed by atoms with Crippen LogP contribution in [0.2, 0.25) is 0 Å². The number of hydrogen-bond donors (Lipinski definition) is 0. The third-order valence-corrected chi connectivity index (χ3v) is 2.31. The van der Waals surface area contributed by atoms with Gasteiger partial charge in [0.1, 0.15) is 0 Å². The average molecular weight is 175 g/mol. The number of carbonyl (C=O) groups excluding carboxylic acids is 2. The number of carboxylic acid groups (broad SMARTS) is 1. The zero-order chi connectivity index (χ0) is 9.42. The van der Waals surface area contributed by atoms with Crippen molar-refractivity contribution in [2.75, 3.05) is 0 Å². The van der Waals surface area contributed by atoms with Gasteiger partial charge in [0, 0.05) is 5.56 Å². The Balaban J connectivity index is 2.44. The second-order valence-corrected chi connectivity index (χ2v) is 3.10. The number of fused-ring (bicyclic) bond motifs is 1. The van der Waals surface area contributed by atoms with Crippen molar-refractivity contribution in [2.45, 2.75) is 6.42 Å². The molecule has 3 heteroatoms. The van der Waals surface area contributed by atoms with E-state index in [0.717, 1.165) is 5.56 Å². The van der Waals surface area contributed by atoms with E-state index in [0.29, 0.717) is 5.56 Å². The van der Waals surface area contributed by atoms with Gasteiger partial charge in [-0.15, -0.1) is 0 Å². The van der Waals surface area contributed by atoms with Crippen LogP contribution in [0.3, 0.4) is 0 Å². The molecule has 0 saturated heterocycles. The molecule has 1 atom stereocenters. The highest BCUT2D eigenvalue weighted by atomic mass is 16.4. The summed E-state index contributed by atoms with van der Waals surface area (Å²) in [7, 11) is 0. The molecule has 0 amide bonds. The van der Waals surface area contributed by atoms with E-state index < -0.39 is 11.9 Å². The first-order valence-electron chi connectivity index (χ1n) is 4.03. The molecule has 1 aromatic carbocycles. The first-order valence-corrected chi connectivity index (χ1v) is 4.03. The molecule has 2 rings (SSSR count). The van der Waals surface area contributed by atoms with Crippen LogP contribution >= 0.6 is 0 Å². The highest BCUT2D eigenvalue weighted by Gasteiger charge is 2.30. The third kappa shape index (κ3) is 1.13. The van der Waals surface area contributed by atoms with E-state index in [1.54, 1.807) is 24.3 Å². The Hall–Kier alpha value is -1.64. The summed E-state index contributed by atoms with van der Waals surface area (Å²) < 4.78 is 0. The van der Waals surface area contributed by atoms with E-state index in [9.17, 15) is 14.7 Å². The fourth-order valence-electron chi connectivity index (χ4n) is 1.63. The number of aliphatic carboxylic acids is 1. The van der Waals surface area contributed by atoms with Gasteiger partial charge in [0.25, 0.3) is 0 Å². The van der Waals surface area contributed by atoms with Gasteiger partial charge < -0.3 is 9.90 Å². The van der Waals surface area contributed by atoms with Crippen LogP contribution in [0, 0.1) is 5.92 Å². The molecule has 0 bridgehead atoms. The number of hydrogen-bond acceptors (Lipinski definition) is 3. The minimum absolute atomic E-state index is 0.275. The summed E-state index contributed by atoms with van der Waals surface area (Å²) in [4.78, 5) is 22.0. The lowest BCUT2D eigenvalue weighted by atomic mass is 10.1. The van der Waals surface area contributed by atoms with Crippen LogP contribution in [-0.2, 0) is 11.2 Å². The maximum Gasteiger partial charge on any atom is 0.172 e. The number of carboxylic acids is 1. The minimum Gasteiger partial charge on any atom is -0.549 e. The Bertz CT molecular complexity index is 382. The molecule has 13 heavy (non-hydrogen) atoms. The predicted molar refractivity (Wildman–Crippen MR) is 43.0 cm³/mol. The Kier molecular flexibility index (Phi) is 1.65. The second-order valence-electron chi connectivity index (χ2n) is 3.10. The van der Waals surface area contributed by atoms with Crippen molar-refractivity contribution in [3.8, 4) is 0 Å². The van der Waals surface area contributed by atoms with E-state index in [2.05, 4.69) is 0 Å². The first kappa shape index (κ1) is 7.98. The van der Waals surface area contributed by atoms with E-state index in [1.165, 1.54) is 0 Å². The van der Waals surface area contributed by atoms with Crippen LogP contribution < -0.4 is 5.11 Å². The molecule has 0 N–H and O–H groups in total. The van der Waals surface area contributed by atoms with Crippen molar-refractivity contribution in [3.63, 3.8) is 0 Å². The van der Waals surface area contributed by atoms with Crippen LogP contribution in [0.4, 0.5) is 0 Å². The molecule has 0 fully saturated rings. The Morgan fingerprint density at radius 1 is 1.38 bits per heavy atom. The number of ketones is 1. The number of Topliss-reactive ketones (excluding diaryl/α,β-unsaturated/α-hetero) is 1. The standard InChI is InChI=1S/C10H8O3/c11-9-7-4-2-1-3-6(7)5-8(9)10(12)13/h1-4,8H,5H2,(H,12,13)/p-1. The van der Waals surface area contributed by atoms with Crippen LogP contribution in [0.5, 0.6) is 0 Å². The predicted octanol–water partition coefficient (Wildman–Crippen LogP) is -0.209. The van der Waals surface area contributed by atoms with Gasteiger partial charge in [-0.3, -0.25) is 4.79 Å². The summed E-state index contributed by atoms with van der Waals surface area (Å²) in [5.74, 6) is -2.57. The molecule has 0 aromatic heterocycles. The van der Waals surface area contributed by atoms with Gasteiger partial charge in [-0.2, -0.15) is 0 Å². The quantitative estimate of drug-likeness (QED) is 0.555. The molecule has 0 heterocycles. The largest absolute Gasteiger partial charge is 0.549 e. The van der Waals surface area contributed by atoms with E-state index in [4.69, 9.17) is 0 Å². The third-order valence-electron chi connectivity index (χ3n) is 2.31. The molecule has 0 spiro atoms.